The number of nitrogens with one attached hydrogen (secondary N) is 2. The molecule has 260 valence electrons. The molecule has 0 bridgehead atoms. The number of aliphatic hydroxyl groups is 1. The molecule has 0 radical (unpaired) electrons. The molecule has 4 rings (SSSR count). The van der Waals surface area contributed by atoms with Crippen molar-refractivity contribution < 1.29 is 29.3 Å². The highest BCUT2D eigenvalue weighted by atomic mass is 16.5. The van der Waals surface area contributed by atoms with E-state index in [1.165, 1.54) is 25.7 Å². The molecule has 0 saturated carbocycles. The number of benzene rings is 4. The zero-order valence-electron chi connectivity index (χ0n) is 28.5. The lowest BCUT2D eigenvalue weighted by Gasteiger charge is -2.20. The van der Waals surface area contributed by atoms with Gasteiger partial charge in [0, 0.05) is 37.0 Å². The van der Waals surface area contributed by atoms with Gasteiger partial charge >= 0.3 is 5.97 Å². The number of aliphatic hydroxyl groups excluding tert-OH is 1. The van der Waals surface area contributed by atoms with Gasteiger partial charge in [-0.2, -0.15) is 0 Å². The fourth-order valence-electron chi connectivity index (χ4n) is 5.33. The Labute approximate surface area is 289 Å². The van der Waals surface area contributed by atoms with Crippen LogP contribution in [0.25, 0.3) is 0 Å². The van der Waals surface area contributed by atoms with E-state index in [0.29, 0.717) is 24.4 Å². The van der Waals surface area contributed by atoms with E-state index in [1.807, 2.05) is 73.8 Å². The van der Waals surface area contributed by atoms with Crippen LogP contribution in [0.15, 0.2) is 103 Å². The van der Waals surface area contributed by atoms with Gasteiger partial charge in [0.1, 0.15) is 18.0 Å². The normalized spacial score (nSPS) is 12.1. The van der Waals surface area contributed by atoms with Crippen molar-refractivity contribution in [2.45, 2.75) is 70.9 Å². The Bertz CT molecular complexity index is 1550. The standard InChI is InChI=1S/C40H49N3O6/c1-3-4-5-6-10-25-49-36-23-15-31(16-24-36)27-43(2)35-21-13-30(14-22-35)26-37(40(46)47)42-39(45)33-17-19-34(20-18-33)41-38(44)29-48-28-32-11-8-7-9-12-32/h7-9,11-24,37-38,41,44H,3-6,10,25-29H2,1-2H3,(H,42,45)(H,46,47). The maximum atomic E-state index is 12.9. The number of rotatable bonds is 21. The number of nitrogens with zero attached hydrogens (tertiary/aromatic N) is 1. The Hall–Kier alpha value is -4.86. The van der Waals surface area contributed by atoms with Crippen LogP contribution in [0, 0.1) is 0 Å². The van der Waals surface area contributed by atoms with Gasteiger partial charge in [0.25, 0.3) is 5.91 Å². The van der Waals surface area contributed by atoms with Crippen LogP contribution in [-0.4, -0.2) is 54.6 Å². The van der Waals surface area contributed by atoms with Crippen molar-refractivity contribution in [3.8, 4) is 5.75 Å². The van der Waals surface area contributed by atoms with E-state index in [-0.39, 0.29) is 13.0 Å². The minimum absolute atomic E-state index is 0.0811. The highest BCUT2D eigenvalue weighted by molar-refractivity contribution is 5.96. The summed E-state index contributed by atoms with van der Waals surface area (Å²) in [7, 11) is 2.01. The number of amides is 1. The van der Waals surface area contributed by atoms with Crippen LogP contribution in [0.4, 0.5) is 11.4 Å². The van der Waals surface area contributed by atoms with E-state index < -0.39 is 24.1 Å². The number of carbonyl (C=O) groups is 2. The monoisotopic (exact) mass is 667 g/mol. The van der Waals surface area contributed by atoms with Crippen molar-refractivity contribution in [2.75, 3.05) is 30.5 Å². The van der Waals surface area contributed by atoms with Crippen molar-refractivity contribution in [2.24, 2.45) is 0 Å². The second-order valence-electron chi connectivity index (χ2n) is 12.2. The molecule has 9 nitrogen and oxygen atoms in total. The Morgan fingerprint density at radius 2 is 1.47 bits per heavy atom. The fourth-order valence-corrected chi connectivity index (χ4v) is 5.33. The number of unbranched alkanes of at least 4 members (excludes halogenated alkanes) is 4. The quantitative estimate of drug-likeness (QED) is 0.0552. The van der Waals surface area contributed by atoms with Crippen LogP contribution < -0.4 is 20.3 Å². The highest BCUT2D eigenvalue weighted by Gasteiger charge is 2.21. The first kappa shape index (κ1) is 37.0. The Morgan fingerprint density at radius 3 is 2.14 bits per heavy atom. The zero-order chi connectivity index (χ0) is 34.8. The molecule has 0 aliphatic rings. The van der Waals surface area contributed by atoms with Crippen LogP contribution in [0.3, 0.4) is 0 Å². The van der Waals surface area contributed by atoms with Crippen LogP contribution >= 0.6 is 0 Å². The lowest BCUT2D eigenvalue weighted by molar-refractivity contribution is -0.139. The molecule has 2 unspecified atom stereocenters. The van der Waals surface area contributed by atoms with Gasteiger partial charge in [-0.15, -0.1) is 0 Å². The molecule has 4 aromatic carbocycles. The van der Waals surface area contributed by atoms with Gasteiger partial charge < -0.3 is 35.2 Å². The molecule has 0 aliphatic carbocycles. The molecule has 9 heteroatoms. The van der Waals surface area contributed by atoms with Crippen molar-refractivity contribution in [3.05, 3.63) is 125 Å². The molecule has 0 aliphatic heterocycles. The highest BCUT2D eigenvalue weighted by Crippen LogP contribution is 2.20. The van der Waals surface area contributed by atoms with E-state index >= 15 is 0 Å². The summed E-state index contributed by atoms with van der Waals surface area (Å²) in [6.07, 6.45) is 5.26. The molecule has 4 N–H and O–H groups in total. The molecule has 2 atom stereocenters. The number of carbonyl (C=O) groups excluding carboxylic acids is 1. The van der Waals surface area contributed by atoms with Crippen LogP contribution in [0.5, 0.6) is 5.75 Å². The predicted molar refractivity (Wildman–Crippen MR) is 194 cm³/mol. The first-order valence-corrected chi connectivity index (χ1v) is 17.0. The summed E-state index contributed by atoms with van der Waals surface area (Å²) >= 11 is 0. The molecule has 0 fully saturated rings. The molecule has 4 aromatic rings. The van der Waals surface area contributed by atoms with Crippen molar-refractivity contribution in [1.29, 1.82) is 0 Å². The molecule has 0 spiro atoms. The second kappa shape index (κ2) is 19.8. The van der Waals surface area contributed by atoms with E-state index in [1.54, 1.807) is 24.3 Å². The van der Waals surface area contributed by atoms with Gasteiger partial charge in [0.05, 0.1) is 19.8 Å². The fraction of sp³-hybridized carbons (Fsp3) is 0.350. The minimum Gasteiger partial charge on any atom is -0.494 e. The number of carboxylic acid groups (broad SMARTS) is 1. The third-order valence-electron chi connectivity index (χ3n) is 8.15. The lowest BCUT2D eigenvalue weighted by atomic mass is 10.0. The predicted octanol–water partition coefficient (Wildman–Crippen LogP) is 7.05. The summed E-state index contributed by atoms with van der Waals surface area (Å²) in [5.74, 6) is -0.725. The summed E-state index contributed by atoms with van der Waals surface area (Å²) < 4.78 is 11.4. The summed E-state index contributed by atoms with van der Waals surface area (Å²) in [6.45, 7) is 4.13. The first-order chi connectivity index (χ1) is 23.8. The molecule has 0 aromatic heterocycles. The summed E-state index contributed by atoms with van der Waals surface area (Å²) in [6, 6.07) is 30.9. The topological polar surface area (TPSA) is 120 Å². The number of anilines is 2. The van der Waals surface area contributed by atoms with Crippen LogP contribution in [0.2, 0.25) is 0 Å². The molecule has 1 amide bonds. The SMILES string of the molecule is CCCCCCCOc1ccc(CN(C)c2ccc(CC(NC(=O)c3ccc(NC(O)COCc4ccccc4)cc3)C(=O)O)cc2)cc1. The van der Waals surface area contributed by atoms with Crippen molar-refractivity contribution in [3.63, 3.8) is 0 Å². The Kier molecular flexibility index (Phi) is 15.0. The van der Waals surface area contributed by atoms with Crippen LogP contribution in [0.1, 0.15) is 66.1 Å². The van der Waals surface area contributed by atoms with E-state index in [9.17, 15) is 19.8 Å². The second-order valence-corrected chi connectivity index (χ2v) is 12.2. The molecule has 0 saturated heterocycles. The smallest absolute Gasteiger partial charge is 0.326 e. The third kappa shape index (κ3) is 12.9. The van der Waals surface area contributed by atoms with Gasteiger partial charge in [-0.1, -0.05) is 87.2 Å². The van der Waals surface area contributed by atoms with Gasteiger partial charge in [-0.3, -0.25) is 4.79 Å². The maximum Gasteiger partial charge on any atom is 0.326 e. The number of carboxylic acids is 1. The van der Waals surface area contributed by atoms with Gasteiger partial charge in [-0.05, 0) is 71.6 Å². The first-order valence-electron chi connectivity index (χ1n) is 17.0. The molecule has 0 heterocycles. The molecular formula is C40H49N3O6. The average molecular weight is 668 g/mol. The lowest BCUT2D eigenvalue weighted by Crippen LogP contribution is -2.42. The van der Waals surface area contributed by atoms with E-state index in [0.717, 1.165) is 41.2 Å². The Morgan fingerprint density at radius 1 is 0.796 bits per heavy atom. The molecular weight excluding hydrogens is 618 g/mol. The van der Waals surface area contributed by atoms with Gasteiger partial charge in [0.2, 0.25) is 0 Å². The average Bonchev–Trinajstić information content (AvgIpc) is 3.11. The molecule has 49 heavy (non-hydrogen) atoms. The largest absolute Gasteiger partial charge is 0.494 e. The summed E-state index contributed by atoms with van der Waals surface area (Å²) in [5, 5.41) is 25.7. The van der Waals surface area contributed by atoms with E-state index in [4.69, 9.17) is 9.47 Å². The summed E-state index contributed by atoms with van der Waals surface area (Å²) in [5.41, 5.74) is 4.87. The third-order valence-corrected chi connectivity index (χ3v) is 8.15. The Balaban J connectivity index is 1.21. The van der Waals surface area contributed by atoms with E-state index in [2.05, 4.69) is 34.6 Å². The van der Waals surface area contributed by atoms with Gasteiger partial charge in [0.15, 0.2) is 0 Å². The van der Waals surface area contributed by atoms with Crippen molar-refractivity contribution in [1.82, 2.24) is 5.32 Å². The zero-order valence-corrected chi connectivity index (χ0v) is 28.5. The number of hydrogen-bond acceptors (Lipinski definition) is 7. The van der Waals surface area contributed by atoms with Gasteiger partial charge in [-0.25, -0.2) is 4.79 Å². The van der Waals surface area contributed by atoms with Crippen molar-refractivity contribution >= 4 is 23.3 Å². The minimum atomic E-state index is -1.12. The number of hydrogen-bond donors (Lipinski definition) is 4. The number of ether oxygens (including phenoxy) is 2. The number of aliphatic carboxylic acids is 1. The maximum absolute atomic E-state index is 12.9. The van der Waals surface area contributed by atoms with Crippen LogP contribution in [-0.2, 0) is 29.1 Å². The summed E-state index contributed by atoms with van der Waals surface area (Å²) in [4.78, 5) is 27.1.